The van der Waals surface area contributed by atoms with Crippen molar-refractivity contribution >= 4 is 28.0 Å². The number of carbonyl (C=O) groups excluding carboxylic acids is 1. The molecule has 0 radical (unpaired) electrons. The molecule has 2 N–H and O–H groups in total. The van der Waals surface area contributed by atoms with Gasteiger partial charge in [-0.3, -0.25) is 14.8 Å². The number of nitrogens with one attached hydrogen (secondary N) is 2. The van der Waals surface area contributed by atoms with E-state index in [9.17, 15) is 4.79 Å². The maximum Gasteiger partial charge on any atom is 0.219 e. The minimum absolute atomic E-state index is 0.262. The van der Waals surface area contributed by atoms with Crippen molar-refractivity contribution in [3.8, 4) is 0 Å². The highest BCUT2D eigenvalue weighted by atomic mass is 16.1. The van der Waals surface area contributed by atoms with Gasteiger partial charge in [-0.15, -0.1) is 0 Å². The molecule has 4 rings (SSSR count). The van der Waals surface area contributed by atoms with Crippen LogP contribution in [0.2, 0.25) is 0 Å². The monoisotopic (exact) mass is 305 g/mol. The highest BCUT2D eigenvalue weighted by Gasteiger charge is 2.19. The molecule has 23 heavy (non-hydrogen) atoms. The Kier molecular flexibility index (Phi) is 3.46. The molecule has 0 saturated carbocycles. The molecule has 0 atom stereocenters. The molecule has 0 aliphatic carbocycles. The van der Waals surface area contributed by atoms with Gasteiger partial charge in [0, 0.05) is 11.6 Å². The van der Waals surface area contributed by atoms with Crippen molar-refractivity contribution in [2.24, 2.45) is 0 Å². The second-order valence-electron chi connectivity index (χ2n) is 6.21. The predicted octanol–water partition coefficient (Wildman–Crippen LogP) is 2.78. The number of piperidine rings is 1. The molecule has 0 amide bonds. The Morgan fingerprint density at radius 1 is 1.09 bits per heavy atom. The lowest BCUT2D eigenvalue weighted by molar-refractivity contribution is 0.460. The summed E-state index contributed by atoms with van der Waals surface area (Å²) < 4.78 is 1.41. The van der Waals surface area contributed by atoms with Crippen LogP contribution >= 0.6 is 0 Å². The molecule has 1 aliphatic rings. The molecule has 1 aliphatic heterocycles. The van der Waals surface area contributed by atoms with Gasteiger partial charge in [-0.25, -0.2) is 0 Å². The lowest BCUT2D eigenvalue weighted by Gasteiger charge is -2.25. The lowest BCUT2D eigenvalue weighted by Crippen LogP contribution is -2.28. The molecule has 116 valence electrons. The van der Waals surface area contributed by atoms with Crippen molar-refractivity contribution in [2.45, 2.75) is 18.8 Å². The summed E-state index contributed by atoms with van der Waals surface area (Å²) in [5.41, 5.74) is 1.45. The number of hydrogen-bond acceptors (Lipinski definition) is 3. The van der Waals surface area contributed by atoms with Crippen LogP contribution in [-0.2, 0) is 4.79 Å². The number of carbonyl (C=O) groups is 1. The molecule has 1 saturated heterocycles. The van der Waals surface area contributed by atoms with Crippen LogP contribution in [0, 0.1) is 5.41 Å². The number of nitrogens with zero attached hydrogens (tertiary/aromatic N) is 1. The van der Waals surface area contributed by atoms with E-state index in [1.165, 1.54) is 15.5 Å². The molecule has 1 aromatic heterocycles. The maximum atomic E-state index is 11.4. The molecule has 0 bridgehead atoms. The summed E-state index contributed by atoms with van der Waals surface area (Å²) in [4.78, 5) is 11.4. The Morgan fingerprint density at radius 2 is 1.74 bits per heavy atom. The van der Waals surface area contributed by atoms with Crippen LogP contribution in [-0.4, -0.2) is 24.1 Å². The van der Waals surface area contributed by atoms with Gasteiger partial charge in [-0.2, -0.15) is 0 Å². The van der Waals surface area contributed by atoms with Crippen LogP contribution in [0.3, 0.4) is 0 Å². The number of rotatable bonds is 2. The van der Waals surface area contributed by atoms with Gasteiger partial charge in [0.1, 0.15) is 5.49 Å². The van der Waals surface area contributed by atoms with Crippen molar-refractivity contribution in [3.05, 3.63) is 53.6 Å². The van der Waals surface area contributed by atoms with E-state index >= 15 is 0 Å². The van der Waals surface area contributed by atoms with E-state index in [1.807, 2.05) is 24.4 Å². The topological polar surface area (TPSA) is 57.9 Å². The summed E-state index contributed by atoms with van der Waals surface area (Å²) in [7, 11) is 0. The molecule has 4 nitrogen and oxygen atoms in total. The Bertz CT molecular complexity index is 952. The second-order valence-corrected chi connectivity index (χ2v) is 6.21. The summed E-state index contributed by atoms with van der Waals surface area (Å²) in [5, 5.41) is 16.0. The number of hydrogen-bond donors (Lipinski definition) is 2. The van der Waals surface area contributed by atoms with Crippen molar-refractivity contribution in [1.29, 1.82) is 5.41 Å². The average molecular weight is 305 g/mol. The van der Waals surface area contributed by atoms with Gasteiger partial charge in [0.15, 0.2) is 0 Å². The first-order valence-corrected chi connectivity index (χ1v) is 8.06. The minimum atomic E-state index is 0.262. The largest absolute Gasteiger partial charge is 0.317 e. The van der Waals surface area contributed by atoms with E-state index < -0.39 is 0 Å². The second kappa shape index (κ2) is 5.63. The van der Waals surface area contributed by atoms with Gasteiger partial charge >= 0.3 is 0 Å². The van der Waals surface area contributed by atoms with E-state index in [0.717, 1.165) is 48.5 Å². The first kappa shape index (κ1) is 14.2. The molecule has 0 unspecified atom stereocenters. The fourth-order valence-corrected chi connectivity index (χ4v) is 3.64. The van der Waals surface area contributed by atoms with Gasteiger partial charge in [-0.05, 0) is 65.7 Å². The average Bonchev–Trinajstić information content (AvgIpc) is 2.62. The Labute approximate surface area is 134 Å². The number of benzene rings is 2. The molecule has 1 fully saturated rings. The standard InChI is InChI=1S/C19H19N3O/c20-19-17-10-15-4-2-1-3-14(15)9-16(17)18(11-22(19)12-23)13-5-7-21-8-6-13/h1-4,9-13,20-21H,5-8H2. The first-order valence-electron chi connectivity index (χ1n) is 8.06. The third kappa shape index (κ3) is 2.35. The highest BCUT2D eigenvalue weighted by Crippen LogP contribution is 2.32. The van der Waals surface area contributed by atoms with Crippen LogP contribution < -0.4 is 10.8 Å². The molecular weight excluding hydrogens is 286 g/mol. The first-order chi connectivity index (χ1) is 11.3. The smallest absolute Gasteiger partial charge is 0.219 e. The number of aromatic nitrogens is 1. The zero-order chi connectivity index (χ0) is 15.8. The summed E-state index contributed by atoms with van der Waals surface area (Å²) in [6.07, 6.45) is 4.74. The zero-order valence-corrected chi connectivity index (χ0v) is 12.9. The Hall–Kier alpha value is -2.46. The Morgan fingerprint density at radius 3 is 2.39 bits per heavy atom. The summed E-state index contributed by atoms with van der Waals surface area (Å²) in [5.74, 6) is 0.437. The lowest BCUT2D eigenvalue weighted by atomic mass is 9.87. The quantitative estimate of drug-likeness (QED) is 0.565. The highest BCUT2D eigenvalue weighted by molar-refractivity contribution is 5.99. The Balaban J connectivity index is 2.06. The van der Waals surface area contributed by atoms with Gasteiger partial charge in [-0.1, -0.05) is 24.3 Å². The molecule has 2 heterocycles. The number of fused-ring (bicyclic) bond motifs is 2. The normalized spacial score (nSPS) is 16.0. The van der Waals surface area contributed by atoms with E-state index in [1.54, 1.807) is 0 Å². The van der Waals surface area contributed by atoms with Crippen molar-refractivity contribution in [1.82, 2.24) is 9.88 Å². The van der Waals surface area contributed by atoms with Crippen LogP contribution in [0.25, 0.3) is 21.5 Å². The SMILES string of the molecule is N=c1c2cc3ccccc3cc2c(C2CCNCC2)cn1C=O. The molecule has 2 aromatic carbocycles. The van der Waals surface area contributed by atoms with Crippen LogP contribution in [0.4, 0.5) is 0 Å². The van der Waals surface area contributed by atoms with Crippen molar-refractivity contribution in [3.63, 3.8) is 0 Å². The van der Waals surface area contributed by atoms with Gasteiger partial charge in [0.05, 0.1) is 0 Å². The predicted molar refractivity (Wildman–Crippen MR) is 92.3 cm³/mol. The van der Waals surface area contributed by atoms with Crippen LogP contribution in [0.15, 0.2) is 42.6 Å². The fourth-order valence-electron chi connectivity index (χ4n) is 3.64. The van der Waals surface area contributed by atoms with Crippen molar-refractivity contribution in [2.75, 3.05) is 13.1 Å². The van der Waals surface area contributed by atoms with Gasteiger partial charge < -0.3 is 5.32 Å². The van der Waals surface area contributed by atoms with Crippen LogP contribution in [0.5, 0.6) is 0 Å². The van der Waals surface area contributed by atoms with E-state index in [4.69, 9.17) is 5.41 Å². The van der Waals surface area contributed by atoms with E-state index in [0.29, 0.717) is 5.92 Å². The number of pyridine rings is 1. The molecular formula is C19H19N3O. The summed E-state index contributed by atoms with van der Waals surface area (Å²) in [6, 6.07) is 12.4. The summed E-state index contributed by atoms with van der Waals surface area (Å²) in [6.45, 7) is 2.01. The molecule has 4 heteroatoms. The fraction of sp³-hybridized carbons (Fsp3) is 0.263. The van der Waals surface area contributed by atoms with Gasteiger partial charge in [0.2, 0.25) is 6.41 Å². The molecule has 3 aromatic rings. The van der Waals surface area contributed by atoms with E-state index in [2.05, 4.69) is 23.5 Å². The maximum absolute atomic E-state index is 11.4. The molecule has 0 spiro atoms. The van der Waals surface area contributed by atoms with Crippen LogP contribution in [0.1, 0.15) is 24.3 Å². The zero-order valence-electron chi connectivity index (χ0n) is 12.9. The van der Waals surface area contributed by atoms with Gasteiger partial charge in [0.25, 0.3) is 0 Å². The van der Waals surface area contributed by atoms with Crippen molar-refractivity contribution < 1.29 is 4.79 Å². The third-order valence-electron chi connectivity index (χ3n) is 4.88. The van der Waals surface area contributed by atoms with E-state index in [-0.39, 0.29) is 5.49 Å². The minimum Gasteiger partial charge on any atom is -0.317 e. The summed E-state index contributed by atoms with van der Waals surface area (Å²) >= 11 is 0. The third-order valence-corrected chi connectivity index (χ3v) is 4.88.